The molecule has 0 bridgehead atoms. The molecule has 0 radical (unpaired) electrons. The first-order chi connectivity index (χ1) is 12.7. The third-order valence-electron chi connectivity index (χ3n) is 4.86. The molecule has 0 atom stereocenters. The zero-order chi connectivity index (χ0) is 21.1. The molecule has 0 N–H and O–H groups in total. The van der Waals surface area contributed by atoms with Gasteiger partial charge in [-0.1, -0.05) is 102 Å². The van der Waals surface area contributed by atoms with Crippen molar-refractivity contribution < 1.29 is 4.39 Å². The summed E-state index contributed by atoms with van der Waals surface area (Å²) in [6.45, 7) is 21.8. The van der Waals surface area contributed by atoms with E-state index in [1.807, 2.05) is 32.1 Å². The van der Waals surface area contributed by atoms with E-state index in [1.54, 1.807) is 18.0 Å². The van der Waals surface area contributed by atoms with Crippen molar-refractivity contribution in [2.75, 3.05) is 13.6 Å². The van der Waals surface area contributed by atoms with Crippen molar-refractivity contribution >= 4 is 6.08 Å². The molecule has 1 rings (SSSR count). The first kappa shape index (κ1) is 24.8. The normalized spacial score (nSPS) is 12.5. The molecular weight excluding hydrogens is 333 g/mol. The van der Waals surface area contributed by atoms with Gasteiger partial charge in [-0.25, -0.2) is 4.39 Å². The molecule has 0 spiro atoms. The largest absolute Gasteiger partial charge is 0.264 e. The maximum absolute atomic E-state index is 14.6. The summed E-state index contributed by atoms with van der Waals surface area (Å²) < 4.78 is 14.6. The van der Waals surface area contributed by atoms with Gasteiger partial charge < -0.3 is 0 Å². The second-order valence-electron chi connectivity index (χ2n) is 6.71. The van der Waals surface area contributed by atoms with Crippen LogP contribution < -0.4 is 0 Å². The molecule has 0 saturated heterocycles. The van der Waals surface area contributed by atoms with Crippen LogP contribution in [0, 0.1) is 0 Å². The lowest BCUT2D eigenvalue weighted by Gasteiger charge is -2.31. The Morgan fingerprint density at radius 2 is 1.67 bits per heavy atom. The number of alkyl halides is 1. The molecule has 0 aliphatic heterocycles. The third kappa shape index (κ3) is 6.48. The van der Waals surface area contributed by atoms with Crippen LogP contribution in [0.15, 0.2) is 80.0 Å². The van der Waals surface area contributed by atoms with Gasteiger partial charge in [-0.15, -0.1) is 0 Å². The van der Waals surface area contributed by atoms with Crippen LogP contribution in [0.4, 0.5) is 4.39 Å². The average molecular weight is 370 g/mol. The van der Waals surface area contributed by atoms with E-state index in [1.165, 1.54) is 23.3 Å². The van der Waals surface area contributed by atoms with E-state index >= 15 is 0 Å². The van der Waals surface area contributed by atoms with Crippen molar-refractivity contribution in [3.05, 3.63) is 91.1 Å². The van der Waals surface area contributed by atoms with Crippen LogP contribution in [-0.2, 0) is 5.41 Å². The van der Waals surface area contributed by atoms with Crippen molar-refractivity contribution in [2.24, 2.45) is 0 Å². The Labute approximate surface area is 166 Å². The Balaban J connectivity index is 0.00000326. The molecule has 1 nitrogen and oxygen atoms in total. The van der Waals surface area contributed by atoms with Crippen LogP contribution in [0.1, 0.15) is 45.7 Å². The van der Waals surface area contributed by atoms with E-state index in [0.717, 1.165) is 5.56 Å². The van der Waals surface area contributed by atoms with Gasteiger partial charge >= 0.3 is 0 Å². The molecule has 2 heteroatoms. The van der Waals surface area contributed by atoms with E-state index in [-0.39, 0.29) is 5.41 Å². The van der Waals surface area contributed by atoms with E-state index in [9.17, 15) is 4.39 Å². The summed E-state index contributed by atoms with van der Waals surface area (Å²) in [7, 11) is 1.72. The lowest BCUT2D eigenvalue weighted by Crippen LogP contribution is -2.39. The summed E-state index contributed by atoms with van der Waals surface area (Å²) >= 11 is 0. The fourth-order valence-corrected chi connectivity index (χ4v) is 2.66. The molecule has 0 heterocycles. The van der Waals surface area contributed by atoms with Crippen molar-refractivity contribution in [3.8, 4) is 0 Å². The molecule has 27 heavy (non-hydrogen) atoms. The molecule has 0 aliphatic rings. The van der Waals surface area contributed by atoms with Crippen molar-refractivity contribution in [1.82, 2.24) is 4.90 Å². The van der Waals surface area contributed by atoms with Gasteiger partial charge in [0, 0.05) is 12.0 Å². The van der Waals surface area contributed by atoms with Crippen LogP contribution in [0.25, 0.3) is 6.08 Å². The smallest absolute Gasteiger partial charge is 0.201 e. The predicted molar refractivity (Wildman–Crippen MR) is 121 cm³/mol. The highest BCUT2D eigenvalue weighted by atomic mass is 19.1. The Hall–Kier alpha value is -2.19. The lowest BCUT2D eigenvalue weighted by molar-refractivity contribution is 0.0894. The molecule has 0 aliphatic carbocycles. The summed E-state index contributed by atoms with van der Waals surface area (Å²) in [6, 6.07) is 8.31. The van der Waals surface area contributed by atoms with E-state index in [4.69, 9.17) is 0 Å². The van der Waals surface area contributed by atoms with Crippen molar-refractivity contribution in [1.29, 1.82) is 0 Å². The van der Waals surface area contributed by atoms with Gasteiger partial charge in [0.25, 0.3) is 0 Å². The minimum Gasteiger partial charge on any atom is -0.264 e. The SMILES string of the molecule is C=C/C=C/c1ccccc1C(C)(C)/C(C)=C/CN(C)C(F)(C=C)C=C.CC. The molecular formula is C25H36FN. The van der Waals surface area contributed by atoms with Crippen LogP contribution in [0.3, 0.4) is 0 Å². The van der Waals surface area contributed by atoms with Gasteiger partial charge in [0.15, 0.2) is 0 Å². The summed E-state index contributed by atoms with van der Waals surface area (Å²) in [5.74, 6) is -1.70. The Kier molecular flexibility index (Phi) is 10.6. The molecule has 1 aromatic carbocycles. The number of likely N-dealkylation sites (N-methyl/N-ethyl adjacent to an activating group) is 1. The molecule has 148 valence electrons. The Morgan fingerprint density at radius 1 is 1.11 bits per heavy atom. The molecule has 1 aromatic rings. The zero-order valence-electron chi connectivity index (χ0n) is 17.9. The molecule has 0 unspecified atom stereocenters. The van der Waals surface area contributed by atoms with Crippen molar-refractivity contribution in [3.63, 3.8) is 0 Å². The minimum absolute atomic E-state index is 0.176. The van der Waals surface area contributed by atoms with E-state index in [2.05, 4.69) is 64.8 Å². The van der Waals surface area contributed by atoms with E-state index in [0.29, 0.717) is 6.54 Å². The highest BCUT2D eigenvalue weighted by Crippen LogP contribution is 2.34. The first-order valence-corrected chi connectivity index (χ1v) is 9.46. The van der Waals surface area contributed by atoms with Gasteiger partial charge in [-0.2, -0.15) is 0 Å². The summed E-state index contributed by atoms with van der Waals surface area (Å²) in [5.41, 5.74) is 3.38. The molecule has 0 fully saturated rings. The number of nitrogens with zero attached hydrogens (tertiary/aromatic N) is 1. The van der Waals surface area contributed by atoms with Crippen molar-refractivity contribution in [2.45, 2.75) is 45.8 Å². The van der Waals surface area contributed by atoms with Gasteiger partial charge in [0.2, 0.25) is 5.79 Å². The number of hydrogen-bond donors (Lipinski definition) is 0. The maximum Gasteiger partial charge on any atom is 0.201 e. The highest BCUT2D eigenvalue weighted by molar-refractivity contribution is 5.58. The second kappa shape index (κ2) is 11.5. The standard InChI is InChI=1S/C23H30FN.C2H6/c1-8-11-14-20-15-12-13-16-21(20)22(5,6)19(4)17-18-25(7)23(24,9-2)10-3;1-2/h8-17H,1-3,18H2,4-7H3;1-2H3/b14-11+,19-17+;. The fourth-order valence-electron chi connectivity index (χ4n) is 2.66. The molecule has 0 saturated carbocycles. The average Bonchev–Trinajstić information content (AvgIpc) is 2.70. The van der Waals surface area contributed by atoms with E-state index < -0.39 is 5.79 Å². The van der Waals surface area contributed by atoms with Gasteiger partial charge in [0.1, 0.15) is 0 Å². The van der Waals surface area contributed by atoms with Gasteiger partial charge in [0.05, 0.1) is 0 Å². The Bertz CT molecular complexity index is 671. The van der Waals surface area contributed by atoms with Crippen LogP contribution in [0.2, 0.25) is 0 Å². The number of allylic oxidation sites excluding steroid dienone is 3. The lowest BCUT2D eigenvalue weighted by atomic mass is 9.76. The molecule has 0 aromatic heterocycles. The first-order valence-electron chi connectivity index (χ1n) is 9.46. The van der Waals surface area contributed by atoms with Gasteiger partial charge in [-0.3, -0.25) is 4.90 Å². The number of hydrogen-bond acceptors (Lipinski definition) is 1. The quantitative estimate of drug-likeness (QED) is 0.255. The van der Waals surface area contributed by atoms with Crippen LogP contribution in [0.5, 0.6) is 0 Å². The zero-order valence-corrected chi connectivity index (χ0v) is 17.9. The molecule has 0 amide bonds. The Morgan fingerprint density at radius 3 is 2.19 bits per heavy atom. The number of benzene rings is 1. The minimum atomic E-state index is -1.70. The highest BCUT2D eigenvalue weighted by Gasteiger charge is 2.28. The topological polar surface area (TPSA) is 3.24 Å². The van der Waals surface area contributed by atoms with Gasteiger partial charge in [-0.05, 0) is 37.3 Å². The number of rotatable bonds is 9. The number of halogens is 1. The summed E-state index contributed by atoms with van der Waals surface area (Å²) in [4.78, 5) is 1.58. The van der Waals surface area contributed by atoms with Crippen LogP contribution >= 0.6 is 0 Å². The summed E-state index contributed by atoms with van der Waals surface area (Å²) in [5, 5.41) is 0. The monoisotopic (exact) mass is 369 g/mol. The fraction of sp³-hybridized carbons (Fsp3) is 0.360. The second-order valence-corrected chi connectivity index (χ2v) is 6.71. The van der Waals surface area contributed by atoms with Crippen LogP contribution in [-0.4, -0.2) is 24.3 Å². The maximum atomic E-state index is 14.6. The predicted octanol–water partition coefficient (Wildman–Crippen LogP) is 7.11. The summed E-state index contributed by atoms with van der Waals surface area (Å²) in [6.07, 6.45) is 10.4. The third-order valence-corrected chi connectivity index (χ3v) is 4.86.